The molecule has 3 rings (SSSR count). The molecule has 98 valence electrons. The van der Waals surface area contributed by atoms with Crippen LogP contribution in [-0.2, 0) is 15.3 Å². The highest BCUT2D eigenvalue weighted by Crippen LogP contribution is 2.47. The normalized spacial score (nSPS) is 24.8. The molecule has 18 heavy (non-hydrogen) atoms. The number of aromatic nitrogens is 2. The third-order valence-electron chi connectivity index (χ3n) is 3.96. The van der Waals surface area contributed by atoms with E-state index >= 15 is 0 Å². The lowest BCUT2D eigenvalue weighted by molar-refractivity contribution is 0.585. The van der Waals surface area contributed by atoms with Crippen molar-refractivity contribution in [2.45, 2.75) is 25.2 Å². The highest BCUT2D eigenvalue weighted by Gasteiger charge is 2.39. The van der Waals surface area contributed by atoms with Crippen LogP contribution in [0.4, 0.5) is 5.95 Å². The van der Waals surface area contributed by atoms with Crippen molar-refractivity contribution >= 4 is 15.8 Å². The van der Waals surface area contributed by atoms with Crippen LogP contribution in [0.3, 0.4) is 0 Å². The van der Waals surface area contributed by atoms with Crippen LogP contribution in [0.25, 0.3) is 0 Å². The molecule has 1 aromatic rings. The Labute approximate surface area is 107 Å². The van der Waals surface area contributed by atoms with Gasteiger partial charge in [0, 0.05) is 25.5 Å². The summed E-state index contributed by atoms with van der Waals surface area (Å²) in [6.07, 6.45) is 6.19. The Balaban J connectivity index is 1.74. The first-order valence-electron chi connectivity index (χ1n) is 6.26. The van der Waals surface area contributed by atoms with Gasteiger partial charge in [0.2, 0.25) is 5.95 Å². The summed E-state index contributed by atoms with van der Waals surface area (Å²) in [6, 6.07) is 0. The molecule has 0 spiro atoms. The van der Waals surface area contributed by atoms with Gasteiger partial charge in [-0.25, -0.2) is 18.4 Å². The molecule has 0 unspecified atom stereocenters. The Morgan fingerprint density at radius 2 is 1.72 bits per heavy atom. The summed E-state index contributed by atoms with van der Waals surface area (Å²) in [5.74, 6) is 1.06. The number of hydrogen-bond acceptors (Lipinski definition) is 5. The van der Waals surface area contributed by atoms with Crippen molar-refractivity contribution in [1.29, 1.82) is 0 Å². The van der Waals surface area contributed by atoms with E-state index < -0.39 is 9.84 Å². The van der Waals surface area contributed by atoms with Crippen LogP contribution in [-0.4, -0.2) is 43.0 Å². The molecule has 1 aliphatic carbocycles. The topological polar surface area (TPSA) is 63.2 Å². The average molecular weight is 267 g/mol. The number of hydrogen-bond donors (Lipinski definition) is 0. The van der Waals surface area contributed by atoms with Crippen molar-refractivity contribution in [3.05, 3.63) is 18.0 Å². The van der Waals surface area contributed by atoms with Gasteiger partial charge in [-0.1, -0.05) is 6.92 Å². The lowest BCUT2D eigenvalue weighted by atomic mass is 10.0. The molecule has 1 aromatic heterocycles. The molecule has 5 nitrogen and oxygen atoms in total. The fourth-order valence-electron chi connectivity index (χ4n) is 2.18. The fourth-order valence-corrected chi connectivity index (χ4v) is 3.39. The summed E-state index contributed by atoms with van der Waals surface area (Å²) < 4.78 is 22.7. The lowest BCUT2D eigenvalue weighted by Gasteiger charge is -2.26. The van der Waals surface area contributed by atoms with Crippen LogP contribution >= 0.6 is 0 Å². The van der Waals surface area contributed by atoms with Crippen LogP contribution in [0, 0.1) is 0 Å². The SMILES string of the molecule is CC1(c2cnc(N3CCS(=O)(=O)CC3)nc2)CC1. The minimum absolute atomic E-state index is 0.204. The van der Waals surface area contributed by atoms with Crippen molar-refractivity contribution in [3.63, 3.8) is 0 Å². The third-order valence-corrected chi connectivity index (χ3v) is 5.57. The summed E-state index contributed by atoms with van der Waals surface area (Å²) in [6.45, 7) is 3.22. The van der Waals surface area contributed by atoms with Gasteiger partial charge >= 0.3 is 0 Å². The van der Waals surface area contributed by atoms with Crippen molar-refractivity contribution < 1.29 is 8.42 Å². The van der Waals surface area contributed by atoms with E-state index in [0.29, 0.717) is 19.0 Å². The van der Waals surface area contributed by atoms with Crippen molar-refractivity contribution in [2.24, 2.45) is 0 Å². The van der Waals surface area contributed by atoms with Gasteiger partial charge in [-0.05, 0) is 23.8 Å². The first-order valence-corrected chi connectivity index (χ1v) is 8.09. The fraction of sp³-hybridized carbons (Fsp3) is 0.667. The maximum Gasteiger partial charge on any atom is 0.225 e. The molecule has 2 fully saturated rings. The van der Waals surface area contributed by atoms with Crippen molar-refractivity contribution in [2.75, 3.05) is 29.5 Å². The molecule has 0 N–H and O–H groups in total. The molecule has 0 aromatic carbocycles. The van der Waals surface area contributed by atoms with Gasteiger partial charge in [-0.3, -0.25) is 0 Å². The number of nitrogens with zero attached hydrogens (tertiary/aromatic N) is 3. The molecule has 2 heterocycles. The smallest absolute Gasteiger partial charge is 0.225 e. The first kappa shape index (κ1) is 11.9. The van der Waals surface area contributed by atoms with Crippen LogP contribution in [0.15, 0.2) is 12.4 Å². The second-order valence-electron chi connectivity index (χ2n) is 5.47. The lowest BCUT2D eigenvalue weighted by Crippen LogP contribution is -2.41. The zero-order valence-corrected chi connectivity index (χ0v) is 11.3. The molecule has 0 radical (unpaired) electrons. The number of anilines is 1. The van der Waals surface area contributed by atoms with E-state index in [2.05, 4.69) is 16.9 Å². The molecule has 1 aliphatic heterocycles. The quantitative estimate of drug-likeness (QED) is 0.791. The van der Waals surface area contributed by atoms with E-state index in [4.69, 9.17) is 0 Å². The standard InChI is InChI=1S/C12H17N3O2S/c1-12(2-3-12)10-8-13-11(14-9-10)15-4-6-18(16,17)7-5-15/h8-9H,2-7H2,1H3. The summed E-state index contributed by atoms with van der Waals surface area (Å²) in [5.41, 5.74) is 1.47. The Kier molecular flexibility index (Phi) is 2.59. The monoisotopic (exact) mass is 267 g/mol. The van der Waals surface area contributed by atoms with Gasteiger partial charge in [0.15, 0.2) is 9.84 Å². The van der Waals surface area contributed by atoms with E-state index in [9.17, 15) is 8.42 Å². The second kappa shape index (κ2) is 3.91. The van der Waals surface area contributed by atoms with Crippen molar-refractivity contribution in [1.82, 2.24) is 9.97 Å². The van der Waals surface area contributed by atoms with E-state index in [-0.39, 0.29) is 16.9 Å². The van der Waals surface area contributed by atoms with E-state index in [1.54, 1.807) is 0 Å². The maximum atomic E-state index is 11.4. The largest absolute Gasteiger partial charge is 0.339 e. The van der Waals surface area contributed by atoms with Gasteiger partial charge < -0.3 is 4.90 Å². The van der Waals surface area contributed by atoms with Crippen LogP contribution in [0.2, 0.25) is 0 Å². The zero-order chi connectivity index (χ0) is 12.8. The summed E-state index contributed by atoms with van der Waals surface area (Å²) in [7, 11) is -2.84. The Hall–Kier alpha value is -1.17. The number of sulfone groups is 1. The van der Waals surface area contributed by atoms with E-state index in [1.807, 2.05) is 17.3 Å². The van der Waals surface area contributed by atoms with Crippen LogP contribution in [0.5, 0.6) is 0 Å². The Morgan fingerprint density at radius 1 is 1.17 bits per heavy atom. The average Bonchev–Trinajstić information content (AvgIpc) is 3.09. The summed E-state index contributed by atoms with van der Waals surface area (Å²) >= 11 is 0. The predicted octanol–water partition coefficient (Wildman–Crippen LogP) is 0.763. The molecular formula is C12H17N3O2S. The van der Waals surface area contributed by atoms with Gasteiger partial charge in [0.05, 0.1) is 11.5 Å². The first-order chi connectivity index (χ1) is 8.49. The van der Waals surface area contributed by atoms with Crippen LogP contribution < -0.4 is 4.90 Å². The summed E-state index contributed by atoms with van der Waals surface area (Å²) in [5, 5.41) is 0. The molecule has 1 saturated heterocycles. The molecule has 2 aliphatic rings. The third kappa shape index (κ3) is 2.21. The maximum absolute atomic E-state index is 11.4. The Bertz CT molecular complexity index is 535. The minimum atomic E-state index is -2.84. The summed E-state index contributed by atoms with van der Waals surface area (Å²) in [4.78, 5) is 10.7. The highest BCUT2D eigenvalue weighted by atomic mass is 32.2. The van der Waals surface area contributed by atoms with E-state index in [1.165, 1.54) is 18.4 Å². The number of rotatable bonds is 2. The highest BCUT2D eigenvalue weighted by molar-refractivity contribution is 7.91. The molecule has 0 bridgehead atoms. The minimum Gasteiger partial charge on any atom is -0.339 e. The second-order valence-corrected chi connectivity index (χ2v) is 7.77. The van der Waals surface area contributed by atoms with Crippen molar-refractivity contribution in [3.8, 4) is 0 Å². The van der Waals surface area contributed by atoms with Crippen LogP contribution in [0.1, 0.15) is 25.3 Å². The molecule has 0 atom stereocenters. The molecule has 6 heteroatoms. The Morgan fingerprint density at radius 3 is 2.22 bits per heavy atom. The molecule has 1 saturated carbocycles. The predicted molar refractivity (Wildman–Crippen MR) is 69.5 cm³/mol. The molecular weight excluding hydrogens is 250 g/mol. The van der Waals surface area contributed by atoms with Gasteiger partial charge in [0.1, 0.15) is 0 Å². The van der Waals surface area contributed by atoms with Gasteiger partial charge in [-0.15, -0.1) is 0 Å². The van der Waals surface area contributed by atoms with E-state index in [0.717, 1.165) is 0 Å². The van der Waals surface area contributed by atoms with Gasteiger partial charge in [-0.2, -0.15) is 0 Å². The molecule has 0 amide bonds. The van der Waals surface area contributed by atoms with Gasteiger partial charge in [0.25, 0.3) is 0 Å². The zero-order valence-electron chi connectivity index (χ0n) is 10.5.